The van der Waals surface area contributed by atoms with Gasteiger partial charge < -0.3 is 10.2 Å². The fraction of sp³-hybridized carbons (Fsp3) is 1.00. The Morgan fingerprint density at radius 3 is 2.56 bits per heavy atom. The van der Waals surface area contributed by atoms with E-state index in [0.717, 1.165) is 12.5 Å². The summed E-state index contributed by atoms with van der Waals surface area (Å²) in [5.74, 6) is 0.880. The predicted octanol–water partition coefficient (Wildman–Crippen LogP) is 2.74. The van der Waals surface area contributed by atoms with Crippen molar-refractivity contribution in [2.24, 2.45) is 11.3 Å². The SMILES string of the molecule is CCCNC(C)CN1CCC(C(C)(C)C)C1. The maximum atomic E-state index is 3.57. The van der Waals surface area contributed by atoms with Gasteiger partial charge in [0.25, 0.3) is 0 Å². The van der Waals surface area contributed by atoms with Gasteiger partial charge in [-0.1, -0.05) is 27.7 Å². The fourth-order valence-corrected chi connectivity index (χ4v) is 2.55. The number of nitrogens with zero attached hydrogens (tertiary/aromatic N) is 1. The normalized spacial score (nSPS) is 24.9. The lowest BCUT2D eigenvalue weighted by atomic mass is 9.80. The van der Waals surface area contributed by atoms with Crippen LogP contribution in [0.1, 0.15) is 47.5 Å². The van der Waals surface area contributed by atoms with E-state index < -0.39 is 0 Å². The molecule has 1 heterocycles. The minimum Gasteiger partial charge on any atom is -0.313 e. The van der Waals surface area contributed by atoms with Crippen molar-refractivity contribution in [3.8, 4) is 0 Å². The fourth-order valence-electron chi connectivity index (χ4n) is 2.55. The van der Waals surface area contributed by atoms with Crippen LogP contribution in [0, 0.1) is 11.3 Å². The predicted molar refractivity (Wildman–Crippen MR) is 71.8 cm³/mol. The van der Waals surface area contributed by atoms with E-state index in [1.54, 1.807) is 0 Å². The zero-order valence-corrected chi connectivity index (χ0v) is 11.8. The van der Waals surface area contributed by atoms with E-state index in [1.165, 1.54) is 32.5 Å². The van der Waals surface area contributed by atoms with Crippen molar-refractivity contribution in [3.05, 3.63) is 0 Å². The molecule has 0 amide bonds. The summed E-state index contributed by atoms with van der Waals surface area (Å²) in [5.41, 5.74) is 0.481. The van der Waals surface area contributed by atoms with Crippen LogP contribution in [0.5, 0.6) is 0 Å². The van der Waals surface area contributed by atoms with Crippen LogP contribution in [0.25, 0.3) is 0 Å². The Balaban J connectivity index is 2.26. The first-order valence-corrected chi connectivity index (χ1v) is 6.89. The van der Waals surface area contributed by atoms with Gasteiger partial charge in [0.05, 0.1) is 0 Å². The summed E-state index contributed by atoms with van der Waals surface area (Å²) in [5, 5.41) is 3.57. The Kier molecular flexibility index (Phi) is 5.26. The van der Waals surface area contributed by atoms with E-state index in [4.69, 9.17) is 0 Å². The molecule has 1 aliphatic rings. The van der Waals surface area contributed by atoms with Crippen molar-refractivity contribution in [2.45, 2.75) is 53.5 Å². The van der Waals surface area contributed by atoms with Gasteiger partial charge in [-0.05, 0) is 44.2 Å². The first-order valence-electron chi connectivity index (χ1n) is 6.89. The maximum absolute atomic E-state index is 3.57. The summed E-state index contributed by atoms with van der Waals surface area (Å²) in [4.78, 5) is 2.63. The van der Waals surface area contributed by atoms with Crippen LogP contribution in [0.15, 0.2) is 0 Å². The van der Waals surface area contributed by atoms with Gasteiger partial charge >= 0.3 is 0 Å². The van der Waals surface area contributed by atoms with Crippen LogP contribution >= 0.6 is 0 Å². The molecule has 0 aromatic carbocycles. The van der Waals surface area contributed by atoms with Crippen molar-refractivity contribution in [3.63, 3.8) is 0 Å². The number of hydrogen-bond donors (Lipinski definition) is 1. The highest BCUT2D eigenvalue weighted by atomic mass is 15.2. The van der Waals surface area contributed by atoms with Crippen LogP contribution in [0.2, 0.25) is 0 Å². The van der Waals surface area contributed by atoms with Crippen molar-refractivity contribution in [2.75, 3.05) is 26.2 Å². The summed E-state index contributed by atoms with van der Waals surface area (Å²) in [7, 11) is 0. The van der Waals surface area contributed by atoms with Gasteiger partial charge in [0.1, 0.15) is 0 Å². The summed E-state index contributed by atoms with van der Waals surface area (Å²) in [6, 6.07) is 0.638. The largest absolute Gasteiger partial charge is 0.313 e. The second-order valence-corrected chi connectivity index (χ2v) is 6.47. The Labute approximate surface area is 102 Å². The number of hydrogen-bond acceptors (Lipinski definition) is 2. The van der Waals surface area contributed by atoms with E-state index in [0.29, 0.717) is 11.5 Å². The number of rotatable bonds is 5. The summed E-state index contributed by atoms with van der Waals surface area (Å²) < 4.78 is 0. The van der Waals surface area contributed by atoms with Crippen LogP contribution in [0.4, 0.5) is 0 Å². The molecule has 0 spiro atoms. The molecule has 1 N–H and O–H groups in total. The number of likely N-dealkylation sites (tertiary alicyclic amines) is 1. The molecule has 0 radical (unpaired) electrons. The molecule has 2 heteroatoms. The Hall–Kier alpha value is -0.0800. The lowest BCUT2D eigenvalue weighted by Crippen LogP contribution is -2.39. The molecular weight excluding hydrogens is 196 g/mol. The molecule has 1 fully saturated rings. The smallest absolute Gasteiger partial charge is 0.0166 e. The van der Waals surface area contributed by atoms with Crippen molar-refractivity contribution >= 4 is 0 Å². The van der Waals surface area contributed by atoms with E-state index in [1.807, 2.05) is 0 Å². The van der Waals surface area contributed by atoms with E-state index in [9.17, 15) is 0 Å². The first kappa shape index (κ1) is 14.0. The lowest BCUT2D eigenvalue weighted by Gasteiger charge is -2.28. The van der Waals surface area contributed by atoms with Crippen LogP contribution in [-0.4, -0.2) is 37.1 Å². The second-order valence-electron chi connectivity index (χ2n) is 6.47. The third-order valence-corrected chi connectivity index (χ3v) is 3.77. The maximum Gasteiger partial charge on any atom is 0.0166 e. The summed E-state index contributed by atoms with van der Waals surface area (Å²) >= 11 is 0. The highest BCUT2D eigenvalue weighted by Gasteiger charge is 2.31. The Morgan fingerprint density at radius 1 is 1.38 bits per heavy atom. The van der Waals surface area contributed by atoms with Gasteiger partial charge in [-0.25, -0.2) is 0 Å². The van der Waals surface area contributed by atoms with E-state index in [-0.39, 0.29) is 0 Å². The second kappa shape index (κ2) is 6.02. The molecular formula is C14H30N2. The standard InChI is InChI=1S/C14H30N2/c1-6-8-15-12(2)10-16-9-7-13(11-16)14(3,4)5/h12-13,15H,6-11H2,1-5H3. The molecule has 0 aliphatic carbocycles. The molecule has 1 rings (SSSR count). The molecule has 0 saturated carbocycles. The van der Waals surface area contributed by atoms with Crippen molar-refractivity contribution in [1.82, 2.24) is 10.2 Å². The third kappa shape index (κ3) is 4.42. The highest BCUT2D eigenvalue weighted by molar-refractivity contribution is 4.85. The summed E-state index contributed by atoms with van der Waals surface area (Å²) in [6.07, 6.45) is 2.61. The van der Waals surface area contributed by atoms with Gasteiger partial charge in [0, 0.05) is 19.1 Å². The zero-order valence-electron chi connectivity index (χ0n) is 11.8. The Morgan fingerprint density at radius 2 is 2.06 bits per heavy atom. The van der Waals surface area contributed by atoms with Crippen LogP contribution in [-0.2, 0) is 0 Å². The van der Waals surface area contributed by atoms with Gasteiger partial charge in [0.2, 0.25) is 0 Å². The van der Waals surface area contributed by atoms with Crippen LogP contribution < -0.4 is 5.32 Å². The minimum absolute atomic E-state index is 0.481. The average molecular weight is 226 g/mol. The van der Waals surface area contributed by atoms with Gasteiger partial charge in [-0.15, -0.1) is 0 Å². The van der Waals surface area contributed by atoms with Gasteiger partial charge in [0.15, 0.2) is 0 Å². The minimum atomic E-state index is 0.481. The van der Waals surface area contributed by atoms with Crippen molar-refractivity contribution < 1.29 is 0 Å². The highest BCUT2D eigenvalue weighted by Crippen LogP contribution is 2.33. The molecule has 2 nitrogen and oxygen atoms in total. The van der Waals surface area contributed by atoms with Gasteiger partial charge in [-0.3, -0.25) is 0 Å². The molecule has 0 aromatic rings. The molecule has 16 heavy (non-hydrogen) atoms. The number of nitrogens with one attached hydrogen (secondary N) is 1. The van der Waals surface area contributed by atoms with Crippen LogP contribution in [0.3, 0.4) is 0 Å². The molecule has 2 atom stereocenters. The van der Waals surface area contributed by atoms with E-state index >= 15 is 0 Å². The van der Waals surface area contributed by atoms with Gasteiger partial charge in [-0.2, -0.15) is 0 Å². The van der Waals surface area contributed by atoms with Crippen molar-refractivity contribution in [1.29, 1.82) is 0 Å². The molecule has 96 valence electrons. The molecule has 2 unspecified atom stereocenters. The summed E-state index contributed by atoms with van der Waals surface area (Å²) in [6.45, 7) is 16.6. The molecule has 0 bridgehead atoms. The Bertz CT molecular complexity index is 195. The molecule has 0 aromatic heterocycles. The topological polar surface area (TPSA) is 15.3 Å². The first-order chi connectivity index (χ1) is 7.43. The lowest BCUT2D eigenvalue weighted by molar-refractivity contribution is 0.221. The zero-order chi connectivity index (χ0) is 12.2. The third-order valence-electron chi connectivity index (χ3n) is 3.77. The molecule has 1 aliphatic heterocycles. The average Bonchev–Trinajstić information content (AvgIpc) is 2.62. The van der Waals surface area contributed by atoms with E-state index in [2.05, 4.69) is 44.8 Å². The monoisotopic (exact) mass is 226 g/mol. The molecule has 1 saturated heterocycles. The quantitative estimate of drug-likeness (QED) is 0.775.